The molecule has 6 nitrogen and oxygen atoms in total. The van der Waals surface area contributed by atoms with Crippen LogP contribution in [-0.4, -0.2) is 99.3 Å². The van der Waals surface area contributed by atoms with Gasteiger partial charge in [-0.3, -0.25) is 14.8 Å². The maximum absolute atomic E-state index is 5.49. The van der Waals surface area contributed by atoms with E-state index in [9.17, 15) is 0 Å². The molecule has 4 saturated heterocycles. The fraction of sp³-hybridized carbons (Fsp3) is 0.938. The van der Waals surface area contributed by atoms with Gasteiger partial charge < -0.3 is 15.0 Å². The van der Waals surface area contributed by atoms with Gasteiger partial charge in [0.15, 0.2) is 5.96 Å². The molecule has 2 unspecified atom stereocenters. The first-order valence-corrected chi connectivity index (χ1v) is 8.80. The second-order valence-corrected chi connectivity index (χ2v) is 6.80. The molecule has 4 aliphatic heterocycles. The third kappa shape index (κ3) is 5.17. The second-order valence-electron chi connectivity index (χ2n) is 6.80. The first-order valence-electron chi connectivity index (χ1n) is 8.80. The molecular weight excluding hydrogens is 405 g/mol. The molecule has 2 atom stereocenters. The van der Waals surface area contributed by atoms with E-state index >= 15 is 0 Å². The Morgan fingerprint density at radius 3 is 2.65 bits per heavy atom. The number of piperazine rings is 3. The molecule has 4 aliphatic rings. The van der Waals surface area contributed by atoms with Crippen molar-refractivity contribution in [3.05, 3.63) is 0 Å². The molecule has 0 saturated carbocycles. The van der Waals surface area contributed by atoms with Crippen molar-refractivity contribution in [1.29, 1.82) is 0 Å². The predicted molar refractivity (Wildman–Crippen MR) is 105 cm³/mol. The Labute approximate surface area is 157 Å². The standard InChI is InChI=1S/C16H31N5O.HI/c1-3-17-16(19(2)11-14-4-9-22-13-14)18-10-15-12-20-5-7-21(15)8-6-20;/h14-15H,3-13H2,1-2H3,(H,17,18);1H. The Bertz CT molecular complexity index is 381. The number of rotatable bonds is 5. The van der Waals surface area contributed by atoms with E-state index in [0.717, 1.165) is 38.8 Å². The average molecular weight is 437 g/mol. The Kier molecular flexibility index (Phi) is 7.84. The lowest BCUT2D eigenvalue weighted by atomic mass is 10.1. The Morgan fingerprint density at radius 1 is 1.30 bits per heavy atom. The minimum absolute atomic E-state index is 0. The van der Waals surface area contributed by atoms with Gasteiger partial charge in [0.25, 0.3) is 0 Å². The number of nitrogens with zero attached hydrogens (tertiary/aromatic N) is 4. The van der Waals surface area contributed by atoms with Crippen molar-refractivity contribution in [2.45, 2.75) is 19.4 Å². The monoisotopic (exact) mass is 437 g/mol. The van der Waals surface area contributed by atoms with Crippen molar-refractivity contribution in [2.75, 3.05) is 72.6 Å². The molecule has 0 amide bonds. The highest BCUT2D eigenvalue weighted by Gasteiger charge is 2.31. The number of fused-ring (bicyclic) bond motifs is 3. The summed E-state index contributed by atoms with van der Waals surface area (Å²) in [6, 6.07) is 0.597. The molecule has 134 valence electrons. The highest BCUT2D eigenvalue weighted by Crippen LogP contribution is 2.16. The molecule has 7 heteroatoms. The van der Waals surface area contributed by atoms with Gasteiger partial charge in [0, 0.05) is 71.4 Å². The van der Waals surface area contributed by atoms with Crippen LogP contribution in [0.5, 0.6) is 0 Å². The van der Waals surface area contributed by atoms with Crippen molar-refractivity contribution in [1.82, 2.24) is 20.0 Å². The van der Waals surface area contributed by atoms with Gasteiger partial charge in [-0.05, 0) is 13.3 Å². The van der Waals surface area contributed by atoms with E-state index < -0.39 is 0 Å². The van der Waals surface area contributed by atoms with Crippen LogP contribution in [0.25, 0.3) is 0 Å². The number of guanidine groups is 1. The van der Waals surface area contributed by atoms with Gasteiger partial charge >= 0.3 is 0 Å². The van der Waals surface area contributed by atoms with Crippen LogP contribution in [0.2, 0.25) is 0 Å². The van der Waals surface area contributed by atoms with Crippen molar-refractivity contribution in [3.63, 3.8) is 0 Å². The number of aliphatic imine (C=N–C) groups is 1. The number of ether oxygens (including phenoxy) is 1. The fourth-order valence-electron chi connectivity index (χ4n) is 3.76. The van der Waals surface area contributed by atoms with E-state index in [2.05, 4.69) is 34.0 Å². The van der Waals surface area contributed by atoms with E-state index in [1.54, 1.807) is 0 Å². The van der Waals surface area contributed by atoms with Crippen LogP contribution in [-0.2, 0) is 4.74 Å². The predicted octanol–water partition coefficient (Wildman–Crippen LogP) is 0.538. The molecule has 4 fully saturated rings. The molecule has 4 heterocycles. The third-order valence-corrected chi connectivity index (χ3v) is 5.10. The third-order valence-electron chi connectivity index (χ3n) is 5.10. The lowest BCUT2D eigenvalue weighted by Crippen LogP contribution is -2.62. The summed E-state index contributed by atoms with van der Waals surface area (Å²) in [6.07, 6.45) is 1.18. The second kappa shape index (κ2) is 9.39. The smallest absolute Gasteiger partial charge is 0.193 e. The van der Waals surface area contributed by atoms with Crippen LogP contribution >= 0.6 is 24.0 Å². The molecule has 2 bridgehead atoms. The van der Waals surface area contributed by atoms with Crippen LogP contribution < -0.4 is 5.32 Å². The van der Waals surface area contributed by atoms with Crippen molar-refractivity contribution >= 4 is 29.9 Å². The van der Waals surface area contributed by atoms with Gasteiger partial charge in [-0.25, -0.2) is 0 Å². The molecule has 0 aromatic rings. The van der Waals surface area contributed by atoms with E-state index in [-0.39, 0.29) is 24.0 Å². The van der Waals surface area contributed by atoms with E-state index in [0.29, 0.717) is 12.0 Å². The number of nitrogens with one attached hydrogen (secondary N) is 1. The number of hydrogen-bond acceptors (Lipinski definition) is 4. The van der Waals surface area contributed by atoms with Gasteiger partial charge in [0.1, 0.15) is 0 Å². The summed E-state index contributed by atoms with van der Waals surface area (Å²) in [7, 11) is 2.15. The van der Waals surface area contributed by atoms with Gasteiger partial charge in [0.2, 0.25) is 0 Å². The van der Waals surface area contributed by atoms with E-state index in [1.807, 2.05) is 0 Å². The lowest BCUT2D eigenvalue weighted by Gasteiger charge is -2.47. The topological polar surface area (TPSA) is 43.3 Å². The molecule has 1 N–H and O–H groups in total. The molecule has 0 aliphatic carbocycles. The molecule has 0 aromatic carbocycles. The summed E-state index contributed by atoms with van der Waals surface area (Å²) in [5.74, 6) is 1.70. The lowest BCUT2D eigenvalue weighted by molar-refractivity contribution is 0.0173. The quantitative estimate of drug-likeness (QED) is 0.387. The molecular formula is C16H32IN5O. The van der Waals surface area contributed by atoms with Crippen LogP contribution in [0.15, 0.2) is 4.99 Å². The number of hydrogen-bond donors (Lipinski definition) is 1. The van der Waals surface area contributed by atoms with Gasteiger partial charge in [-0.1, -0.05) is 0 Å². The summed E-state index contributed by atoms with van der Waals surface area (Å²) in [4.78, 5) is 12.4. The first kappa shape index (κ1) is 19.2. The van der Waals surface area contributed by atoms with Gasteiger partial charge in [-0.2, -0.15) is 0 Å². The van der Waals surface area contributed by atoms with Crippen LogP contribution in [0, 0.1) is 5.92 Å². The summed E-state index contributed by atoms with van der Waals surface area (Å²) in [6.45, 7) is 12.9. The summed E-state index contributed by atoms with van der Waals surface area (Å²) in [5, 5.41) is 3.44. The minimum Gasteiger partial charge on any atom is -0.381 e. The number of halogens is 1. The Balaban J connectivity index is 0.00000192. The van der Waals surface area contributed by atoms with Crippen LogP contribution in [0.4, 0.5) is 0 Å². The van der Waals surface area contributed by atoms with Crippen LogP contribution in [0.1, 0.15) is 13.3 Å². The molecule has 0 radical (unpaired) electrons. The van der Waals surface area contributed by atoms with Crippen LogP contribution in [0.3, 0.4) is 0 Å². The summed E-state index contributed by atoms with van der Waals surface area (Å²) >= 11 is 0. The van der Waals surface area contributed by atoms with Gasteiger partial charge in [0.05, 0.1) is 13.2 Å². The molecule has 23 heavy (non-hydrogen) atoms. The van der Waals surface area contributed by atoms with E-state index in [4.69, 9.17) is 9.73 Å². The van der Waals surface area contributed by atoms with Gasteiger partial charge in [-0.15, -0.1) is 24.0 Å². The summed E-state index contributed by atoms with van der Waals surface area (Å²) in [5.41, 5.74) is 0. The Hall–Kier alpha value is -0.120. The first-order chi connectivity index (χ1) is 10.8. The fourth-order valence-corrected chi connectivity index (χ4v) is 3.76. The van der Waals surface area contributed by atoms with Crippen molar-refractivity contribution in [3.8, 4) is 0 Å². The molecule has 4 rings (SSSR count). The maximum atomic E-state index is 5.49. The van der Waals surface area contributed by atoms with Crippen molar-refractivity contribution < 1.29 is 4.74 Å². The Morgan fingerprint density at radius 2 is 2.09 bits per heavy atom. The highest BCUT2D eigenvalue weighted by molar-refractivity contribution is 14.0. The van der Waals surface area contributed by atoms with E-state index in [1.165, 1.54) is 39.1 Å². The van der Waals surface area contributed by atoms with Crippen molar-refractivity contribution in [2.24, 2.45) is 10.9 Å². The minimum atomic E-state index is 0. The normalized spacial score (nSPS) is 33.4. The summed E-state index contributed by atoms with van der Waals surface area (Å²) < 4.78 is 5.49. The SMILES string of the molecule is CCNC(=NCC1CN2CCN1CC2)N(C)CC1CCOC1.I. The zero-order chi connectivity index (χ0) is 15.4. The highest BCUT2D eigenvalue weighted by atomic mass is 127. The average Bonchev–Trinajstić information content (AvgIpc) is 3.05. The molecule has 0 spiro atoms. The molecule has 0 aromatic heterocycles. The maximum Gasteiger partial charge on any atom is 0.193 e. The largest absolute Gasteiger partial charge is 0.381 e. The zero-order valence-corrected chi connectivity index (χ0v) is 16.9. The zero-order valence-electron chi connectivity index (χ0n) is 14.5.